The Balaban J connectivity index is 1.65. The highest BCUT2D eigenvalue weighted by Gasteiger charge is 2.21. The summed E-state index contributed by atoms with van der Waals surface area (Å²) >= 11 is 0. The average Bonchev–Trinajstić information content (AvgIpc) is 3.28. The molecule has 29 heavy (non-hydrogen) atoms. The van der Waals surface area contributed by atoms with Gasteiger partial charge in [-0.3, -0.25) is 9.59 Å². The Morgan fingerprint density at radius 3 is 2.48 bits per heavy atom. The molecular formula is C23H29N3O3. The number of hydrogen-bond acceptors (Lipinski definition) is 4. The molecule has 2 N–H and O–H groups in total. The van der Waals surface area contributed by atoms with E-state index in [9.17, 15) is 9.59 Å². The molecule has 2 aromatic carbocycles. The number of carbonyl (C=O) groups excluding carboxylic acids is 2. The van der Waals surface area contributed by atoms with E-state index in [1.54, 1.807) is 31.4 Å². The molecule has 0 spiro atoms. The summed E-state index contributed by atoms with van der Waals surface area (Å²) in [4.78, 5) is 27.7. The summed E-state index contributed by atoms with van der Waals surface area (Å²) in [6, 6.07) is 14.1. The van der Waals surface area contributed by atoms with Crippen LogP contribution in [0, 0.1) is 0 Å². The highest BCUT2D eigenvalue weighted by Crippen LogP contribution is 2.23. The molecule has 3 rings (SSSR count). The maximum absolute atomic E-state index is 12.8. The molecule has 1 unspecified atom stereocenters. The van der Waals surface area contributed by atoms with Crippen LogP contribution in [0.3, 0.4) is 0 Å². The standard InChI is InChI=1S/C23H29N3O3/c1-3-7-21(25-22(27)17-10-12-20(29-2)13-11-17)23(28)24-18-8-6-9-19(16-18)26-14-4-5-15-26/h6,8-13,16,21H,3-5,7,14-15H2,1-2H3,(H,24,28)(H,25,27). The van der Waals surface area contributed by atoms with Gasteiger partial charge in [0.1, 0.15) is 11.8 Å². The van der Waals surface area contributed by atoms with Crippen molar-refractivity contribution in [3.8, 4) is 5.75 Å². The van der Waals surface area contributed by atoms with E-state index in [-0.39, 0.29) is 11.8 Å². The number of hydrogen-bond donors (Lipinski definition) is 2. The van der Waals surface area contributed by atoms with E-state index in [0.717, 1.165) is 30.9 Å². The lowest BCUT2D eigenvalue weighted by molar-refractivity contribution is -0.118. The zero-order valence-electron chi connectivity index (χ0n) is 17.1. The van der Waals surface area contributed by atoms with Crippen molar-refractivity contribution in [3.05, 3.63) is 54.1 Å². The maximum Gasteiger partial charge on any atom is 0.251 e. The van der Waals surface area contributed by atoms with Crippen LogP contribution in [0.1, 0.15) is 43.0 Å². The van der Waals surface area contributed by atoms with Crippen molar-refractivity contribution in [2.45, 2.75) is 38.6 Å². The van der Waals surface area contributed by atoms with Crippen LogP contribution >= 0.6 is 0 Å². The molecule has 0 saturated carbocycles. The monoisotopic (exact) mass is 395 g/mol. The Morgan fingerprint density at radius 2 is 1.83 bits per heavy atom. The Morgan fingerprint density at radius 1 is 1.10 bits per heavy atom. The van der Waals surface area contributed by atoms with Gasteiger partial charge in [0, 0.05) is 30.0 Å². The van der Waals surface area contributed by atoms with Gasteiger partial charge in [-0.05, 0) is 61.7 Å². The summed E-state index contributed by atoms with van der Waals surface area (Å²) in [6.45, 7) is 4.09. The smallest absolute Gasteiger partial charge is 0.251 e. The zero-order valence-corrected chi connectivity index (χ0v) is 17.1. The molecule has 6 heteroatoms. The molecule has 154 valence electrons. The molecular weight excluding hydrogens is 366 g/mol. The van der Waals surface area contributed by atoms with Crippen LogP contribution < -0.4 is 20.3 Å². The molecule has 0 radical (unpaired) electrons. The number of anilines is 2. The number of nitrogens with zero attached hydrogens (tertiary/aromatic N) is 1. The van der Waals surface area contributed by atoms with Gasteiger partial charge in [-0.15, -0.1) is 0 Å². The summed E-state index contributed by atoms with van der Waals surface area (Å²) in [5.41, 5.74) is 2.37. The number of nitrogens with one attached hydrogen (secondary N) is 2. The molecule has 0 aromatic heterocycles. The van der Waals surface area contributed by atoms with Crippen molar-refractivity contribution in [3.63, 3.8) is 0 Å². The molecule has 1 aliphatic heterocycles. The third-order valence-corrected chi connectivity index (χ3v) is 5.14. The van der Waals surface area contributed by atoms with E-state index in [1.165, 1.54) is 12.8 Å². The van der Waals surface area contributed by atoms with Gasteiger partial charge < -0.3 is 20.3 Å². The first-order valence-corrected chi connectivity index (χ1v) is 10.2. The second-order valence-electron chi connectivity index (χ2n) is 7.28. The number of methoxy groups -OCH3 is 1. The molecule has 6 nitrogen and oxygen atoms in total. The average molecular weight is 396 g/mol. The number of benzene rings is 2. The molecule has 1 atom stereocenters. The topological polar surface area (TPSA) is 70.7 Å². The quantitative estimate of drug-likeness (QED) is 0.713. The van der Waals surface area contributed by atoms with Crippen LogP contribution in [0.2, 0.25) is 0 Å². The van der Waals surface area contributed by atoms with Crippen LogP contribution in [-0.4, -0.2) is 38.1 Å². The minimum absolute atomic E-state index is 0.202. The van der Waals surface area contributed by atoms with Gasteiger partial charge in [0.2, 0.25) is 5.91 Å². The third-order valence-electron chi connectivity index (χ3n) is 5.14. The first-order chi connectivity index (χ1) is 14.1. The Kier molecular flexibility index (Phi) is 7.11. The minimum atomic E-state index is -0.593. The summed E-state index contributed by atoms with van der Waals surface area (Å²) in [5, 5.41) is 5.82. The van der Waals surface area contributed by atoms with Crippen LogP contribution in [0.4, 0.5) is 11.4 Å². The van der Waals surface area contributed by atoms with Gasteiger partial charge in [0.05, 0.1) is 7.11 Å². The van der Waals surface area contributed by atoms with Gasteiger partial charge in [-0.2, -0.15) is 0 Å². The highest BCUT2D eigenvalue weighted by atomic mass is 16.5. The first-order valence-electron chi connectivity index (χ1n) is 10.2. The Labute approximate surface area is 172 Å². The van der Waals surface area contributed by atoms with Crippen molar-refractivity contribution in [1.29, 1.82) is 0 Å². The Hall–Kier alpha value is -3.02. The largest absolute Gasteiger partial charge is 0.497 e. The van der Waals surface area contributed by atoms with E-state index < -0.39 is 6.04 Å². The number of carbonyl (C=O) groups is 2. The second kappa shape index (κ2) is 9.96. The van der Waals surface area contributed by atoms with Crippen molar-refractivity contribution in [2.24, 2.45) is 0 Å². The summed E-state index contributed by atoms with van der Waals surface area (Å²) < 4.78 is 5.12. The van der Waals surface area contributed by atoms with Crippen molar-refractivity contribution in [2.75, 3.05) is 30.4 Å². The van der Waals surface area contributed by atoms with Gasteiger partial charge in [-0.1, -0.05) is 19.4 Å². The molecule has 1 heterocycles. The molecule has 1 aliphatic rings. The predicted molar refractivity (Wildman–Crippen MR) is 116 cm³/mol. The lowest BCUT2D eigenvalue weighted by Gasteiger charge is -2.20. The number of rotatable bonds is 8. The maximum atomic E-state index is 12.8. The lowest BCUT2D eigenvalue weighted by atomic mass is 10.1. The summed E-state index contributed by atoms with van der Waals surface area (Å²) in [5.74, 6) is 0.210. The molecule has 1 fully saturated rings. The van der Waals surface area contributed by atoms with Crippen molar-refractivity contribution >= 4 is 23.2 Å². The first kappa shape index (κ1) is 20.7. The van der Waals surface area contributed by atoms with E-state index in [4.69, 9.17) is 4.74 Å². The fourth-order valence-corrected chi connectivity index (χ4v) is 3.53. The molecule has 0 aliphatic carbocycles. The van der Waals surface area contributed by atoms with E-state index >= 15 is 0 Å². The van der Waals surface area contributed by atoms with Crippen LogP contribution in [0.25, 0.3) is 0 Å². The molecule has 0 bridgehead atoms. The predicted octanol–water partition coefficient (Wildman–Crippen LogP) is 3.83. The molecule has 2 amide bonds. The van der Waals surface area contributed by atoms with Gasteiger partial charge in [-0.25, -0.2) is 0 Å². The van der Waals surface area contributed by atoms with E-state index in [0.29, 0.717) is 17.7 Å². The normalized spacial score (nSPS) is 14.3. The fraction of sp³-hybridized carbons (Fsp3) is 0.391. The third kappa shape index (κ3) is 5.50. The highest BCUT2D eigenvalue weighted by molar-refractivity contribution is 6.01. The van der Waals surface area contributed by atoms with Crippen LogP contribution in [0.5, 0.6) is 5.75 Å². The molecule has 1 saturated heterocycles. The van der Waals surface area contributed by atoms with Crippen molar-refractivity contribution in [1.82, 2.24) is 5.32 Å². The van der Waals surface area contributed by atoms with Gasteiger partial charge in [0.15, 0.2) is 0 Å². The lowest BCUT2D eigenvalue weighted by Crippen LogP contribution is -2.43. The summed E-state index contributed by atoms with van der Waals surface area (Å²) in [6.07, 6.45) is 3.76. The second-order valence-corrected chi connectivity index (χ2v) is 7.28. The number of ether oxygens (including phenoxy) is 1. The fourth-order valence-electron chi connectivity index (χ4n) is 3.53. The van der Waals surface area contributed by atoms with Crippen LogP contribution in [0.15, 0.2) is 48.5 Å². The van der Waals surface area contributed by atoms with E-state index in [1.807, 2.05) is 25.1 Å². The van der Waals surface area contributed by atoms with Gasteiger partial charge >= 0.3 is 0 Å². The SMILES string of the molecule is CCCC(NC(=O)c1ccc(OC)cc1)C(=O)Nc1cccc(N2CCCC2)c1. The number of amides is 2. The summed E-state index contributed by atoms with van der Waals surface area (Å²) in [7, 11) is 1.58. The zero-order chi connectivity index (χ0) is 20.6. The van der Waals surface area contributed by atoms with Gasteiger partial charge in [0.25, 0.3) is 5.91 Å². The minimum Gasteiger partial charge on any atom is -0.497 e. The molecule has 2 aromatic rings. The Bertz CT molecular complexity index is 830. The van der Waals surface area contributed by atoms with Crippen LogP contribution in [-0.2, 0) is 4.79 Å². The van der Waals surface area contributed by atoms with Crippen molar-refractivity contribution < 1.29 is 14.3 Å². The van der Waals surface area contributed by atoms with E-state index in [2.05, 4.69) is 21.6 Å².